The molecule has 6 aromatic rings. The largest absolute Gasteiger partial charge is 0.342 e. The highest BCUT2D eigenvalue weighted by molar-refractivity contribution is 5.81. The summed E-state index contributed by atoms with van der Waals surface area (Å²) in [7, 11) is 0. The number of benzene rings is 2. The number of hydrogen-bond donors (Lipinski definition) is 2. The van der Waals surface area contributed by atoms with Crippen molar-refractivity contribution in [3.63, 3.8) is 0 Å². The van der Waals surface area contributed by atoms with E-state index in [1.54, 1.807) is 24.8 Å². The van der Waals surface area contributed by atoms with Crippen molar-refractivity contribution >= 4 is 22.1 Å². The molecule has 0 radical (unpaired) electrons. The first-order chi connectivity index (χ1) is 17.8. The second-order valence-electron chi connectivity index (χ2n) is 8.89. The van der Waals surface area contributed by atoms with E-state index < -0.39 is 0 Å². The third-order valence-corrected chi connectivity index (χ3v) is 6.29. The lowest BCUT2D eigenvalue weighted by atomic mass is 10.1. The van der Waals surface area contributed by atoms with E-state index in [0.29, 0.717) is 0 Å². The Labute approximate surface area is 208 Å². The molecule has 0 unspecified atom stereocenters. The van der Waals surface area contributed by atoms with Gasteiger partial charge in [-0.1, -0.05) is 12.8 Å². The van der Waals surface area contributed by atoms with Gasteiger partial charge in [-0.15, -0.1) is 0 Å². The van der Waals surface area contributed by atoms with Gasteiger partial charge in [0.05, 0.1) is 22.1 Å². The van der Waals surface area contributed by atoms with E-state index in [1.807, 2.05) is 36.4 Å². The molecule has 0 bridgehead atoms. The molecule has 36 heavy (non-hydrogen) atoms. The first kappa shape index (κ1) is 22.0. The number of rotatable bonds is 9. The molecule has 6 rings (SSSR count). The molecular formula is C28H26N8. The molecule has 0 aliphatic rings. The van der Waals surface area contributed by atoms with Crippen molar-refractivity contribution in [2.24, 2.45) is 0 Å². The van der Waals surface area contributed by atoms with Gasteiger partial charge in [0.2, 0.25) is 0 Å². The smallest absolute Gasteiger partial charge is 0.159 e. The monoisotopic (exact) mass is 474 g/mol. The Balaban J connectivity index is 0.992. The summed E-state index contributed by atoms with van der Waals surface area (Å²) in [6.07, 6.45) is 13.5. The van der Waals surface area contributed by atoms with Gasteiger partial charge >= 0.3 is 0 Å². The van der Waals surface area contributed by atoms with Gasteiger partial charge in [-0.05, 0) is 61.4 Å². The summed E-state index contributed by atoms with van der Waals surface area (Å²) >= 11 is 0. The lowest BCUT2D eigenvalue weighted by Crippen LogP contribution is -1.91. The first-order valence-corrected chi connectivity index (χ1v) is 12.3. The van der Waals surface area contributed by atoms with Crippen LogP contribution in [0.2, 0.25) is 0 Å². The number of aromatic amines is 2. The van der Waals surface area contributed by atoms with Crippen LogP contribution < -0.4 is 0 Å². The predicted octanol–water partition coefficient (Wildman–Crippen LogP) is 5.70. The summed E-state index contributed by atoms with van der Waals surface area (Å²) in [6.45, 7) is 0. The van der Waals surface area contributed by atoms with Crippen LogP contribution in [0.4, 0.5) is 0 Å². The minimum Gasteiger partial charge on any atom is -0.342 e. The Morgan fingerprint density at radius 3 is 1.42 bits per heavy atom. The molecule has 2 aromatic carbocycles. The molecule has 0 aliphatic carbocycles. The van der Waals surface area contributed by atoms with E-state index in [4.69, 9.17) is 9.97 Å². The summed E-state index contributed by atoms with van der Waals surface area (Å²) in [5.41, 5.74) is 6.01. The van der Waals surface area contributed by atoms with E-state index in [0.717, 1.165) is 95.0 Å². The minimum absolute atomic E-state index is 0.727. The zero-order valence-corrected chi connectivity index (χ0v) is 19.9. The minimum atomic E-state index is 0.727. The number of imidazole rings is 2. The highest BCUT2D eigenvalue weighted by Crippen LogP contribution is 2.22. The number of hydrogen-bond acceptors (Lipinski definition) is 6. The topological polar surface area (TPSA) is 109 Å². The van der Waals surface area contributed by atoms with E-state index >= 15 is 0 Å². The fourth-order valence-corrected chi connectivity index (χ4v) is 4.47. The molecule has 0 atom stereocenters. The SMILES string of the molecule is c1cnc(-c2ccc3nc(CCCCCCc4nc5ccc(-c6ncccn6)cc5[nH]4)[nH]c3c2)nc1. The average Bonchev–Trinajstić information content (AvgIpc) is 3.54. The van der Waals surface area contributed by atoms with Crippen molar-refractivity contribution in [2.45, 2.75) is 38.5 Å². The third kappa shape index (κ3) is 4.84. The molecule has 0 saturated carbocycles. The zero-order chi connectivity index (χ0) is 24.2. The van der Waals surface area contributed by atoms with Crippen LogP contribution in [0, 0.1) is 0 Å². The molecular weight excluding hydrogens is 448 g/mol. The molecule has 0 amide bonds. The lowest BCUT2D eigenvalue weighted by molar-refractivity contribution is 0.625. The number of nitrogens with one attached hydrogen (secondary N) is 2. The van der Waals surface area contributed by atoms with Crippen LogP contribution in [-0.4, -0.2) is 39.9 Å². The van der Waals surface area contributed by atoms with Crippen LogP contribution in [-0.2, 0) is 12.8 Å². The van der Waals surface area contributed by atoms with E-state index in [-0.39, 0.29) is 0 Å². The van der Waals surface area contributed by atoms with Crippen molar-refractivity contribution in [2.75, 3.05) is 0 Å². The van der Waals surface area contributed by atoms with Gasteiger partial charge in [-0.25, -0.2) is 29.9 Å². The van der Waals surface area contributed by atoms with Gasteiger partial charge in [-0.2, -0.15) is 0 Å². The number of nitrogens with zero attached hydrogens (tertiary/aromatic N) is 6. The third-order valence-electron chi connectivity index (χ3n) is 6.29. The van der Waals surface area contributed by atoms with E-state index in [1.165, 1.54) is 0 Å². The van der Waals surface area contributed by atoms with E-state index in [2.05, 4.69) is 42.0 Å². The summed E-state index contributed by atoms with van der Waals surface area (Å²) in [5, 5.41) is 0. The van der Waals surface area contributed by atoms with Crippen molar-refractivity contribution in [3.8, 4) is 22.8 Å². The van der Waals surface area contributed by atoms with Crippen LogP contribution in [0.15, 0.2) is 73.3 Å². The molecule has 8 nitrogen and oxygen atoms in total. The Morgan fingerprint density at radius 1 is 0.528 bits per heavy atom. The summed E-state index contributed by atoms with van der Waals surface area (Å²) in [5.74, 6) is 3.52. The molecule has 0 aliphatic heterocycles. The fraction of sp³-hybridized carbons (Fsp3) is 0.214. The second-order valence-corrected chi connectivity index (χ2v) is 8.89. The molecule has 4 heterocycles. The second kappa shape index (κ2) is 10.0. The number of aryl methyl sites for hydroxylation is 2. The van der Waals surface area contributed by atoms with Crippen molar-refractivity contribution in [3.05, 3.63) is 85.0 Å². The maximum absolute atomic E-state index is 4.75. The molecule has 0 spiro atoms. The van der Waals surface area contributed by atoms with E-state index in [9.17, 15) is 0 Å². The van der Waals surface area contributed by atoms with Crippen molar-refractivity contribution in [1.29, 1.82) is 0 Å². The van der Waals surface area contributed by atoms with Crippen LogP contribution >= 0.6 is 0 Å². The van der Waals surface area contributed by atoms with Gasteiger partial charge in [0.15, 0.2) is 11.6 Å². The highest BCUT2D eigenvalue weighted by atomic mass is 14.9. The highest BCUT2D eigenvalue weighted by Gasteiger charge is 2.08. The normalized spacial score (nSPS) is 11.4. The standard InChI is InChI=1S/C28H26N8/c1(3-7-25-33-21-11-9-19(17-23(21)35-25)27-29-13-5-14-30-27)2-4-8-26-34-22-12-10-20(18-24(22)36-26)28-31-15-6-16-32-28/h5-6,9-18H,1-4,7-8H2,(H,33,35)(H,34,36). The van der Waals surface area contributed by atoms with Crippen molar-refractivity contribution in [1.82, 2.24) is 39.9 Å². The summed E-state index contributed by atoms with van der Waals surface area (Å²) < 4.78 is 0. The number of unbranched alkanes of at least 4 members (excludes halogenated alkanes) is 3. The molecule has 0 saturated heterocycles. The molecule has 4 aromatic heterocycles. The predicted molar refractivity (Wildman–Crippen MR) is 140 cm³/mol. The lowest BCUT2D eigenvalue weighted by Gasteiger charge is -1.99. The van der Waals surface area contributed by atoms with Gasteiger partial charge < -0.3 is 9.97 Å². The molecule has 2 N–H and O–H groups in total. The molecule has 0 fully saturated rings. The maximum atomic E-state index is 4.75. The van der Waals surface area contributed by atoms with Crippen LogP contribution in [0.5, 0.6) is 0 Å². The Morgan fingerprint density at radius 2 is 0.972 bits per heavy atom. The van der Waals surface area contributed by atoms with Gasteiger partial charge in [0, 0.05) is 48.8 Å². The number of H-pyrrole nitrogens is 2. The van der Waals surface area contributed by atoms with Crippen LogP contribution in [0.1, 0.15) is 37.3 Å². The van der Waals surface area contributed by atoms with Gasteiger partial charge in [0.25, 0.3) is 0 Å². The average molecular weight is 475 g/mol. The molecule has 178 valence electrons. The summed E-state index contributed by atoms with van der Waals surface area (Å²) in [4.78, 5) is 33.8. The Kier molecular flexibility index (Phi) is 6.14. The summed E-state index contributed by atoms with van der Waals surface area (Å²) in [6, 6.07) is 15.9. The Bertz CT molecular complexity index is 1470. The number of fused-ring (bicyclic) bond motifs is 2. The zero-order valence-electron chi connectivity index (χ0n) is 19.9. The van der Waals surface area contributed by atoms with Gasteiger partial charge in [-0.3, -0.25) is 0 Å². The maximum Gasteiger partial charge on any atom is 0.159 e. The van der Waals surface area contributed by atoms with Crippen molar-refractivity contribution < 1.29 is 0 Å². The Hall–Kier alpha value is -4.46. The molecule has 8 heteroatoms. The van der Waals surface area contributed by atoms with Crippen LogP contribution in [0.25, 0.3) is 44.8 Å². The first-order valence-electron chi connectivity index (χ1n) is 12.3. The number of aromatic nitrogens is 8. The van der Waals surface area contributed by atoms with Crippen LogP contribution in [0.3, 0.4) is 0 Å². The van der Waals surface area contributed by atoms with Gasteiger partial charge in [0.1, 0.15) is 11.6 Å². The fourth-order valence-electron chi connectivity index (χ4n) is 4.47. The quantitative estimate of drug-likeness (QED) is 0.260.